The molecule has 0 rings (SSSR count). The second kappa shape index (κ2) is 25.7. The van der Waals surface area contributed by atoms with Gasteiger partial charge in [0.15, 0.2) is 0 Å². The number of hydrogen-bond donors (Lipinski definition) is 0. The first-order chi connectivity index (χ1) is 10.8. The highest BCUT2D eigenvalue weighted by Gasteiger charge is 1.88. The Morgan fingerprint density at radius 2 is 0.818 bits per heavy atom. The minimum Gasteiger partial charge on any atom is -0.382 e. The third-order valence-electron chi connectivity index (χ3n) is 2.30. The highest BCUT2D eigenvalue weighted by molar-refractivity contribution is 4.32. The lowest BCUT2D eigenvalue weighted by molar-refractivity contribution is 0.0195. The van der Waals surface area contributed by atoms with Gasteiger partial charge in [-0.3, -0.25) is 0 Å². The van der Waals surface area contributed by atoms with Crippen molar-refractivity contribution >= 4 is 0 Å². The normalized spacial score (nSPS) is 10.4. The van der Waals surface area contributed by atoms with Crippen molar-refractivity contribution in [3.05, 3.63) is 0 Å². The van der Waals surface area contributed by atoms with Crippen LogP contribution in [-0.2, 0) is 28.4 Å². The van der Waals surface area contributed by atoms with Crippen LogP contribution < -0.4 is 0 Å². The number of rotatable bonds is 16. The summed E-state index contributed by atoms with van der Waals surface area (Å²) < 4.78 is 30.5. The molecule has 0 N–H and O–H groups in total. The van der Waals surface area contributed by atoms with Crippen molar-refractivity contribution in [2.75, 3.05) is 79.8 Å². The predicted octanol–water partition coefficient (Wildman–Crippen LogP) is 2.15. The molecule has 0 spiro atoms. The van der Waals surface area contributed by atoms with E-state index in [9.17, 15) is 0 Å². The molecular weight excluding hydrogens is 288 g/mol. The van der Waals surface area contributed by atoms with Gasteiger partial charge in [-0.2, -0.15) is 0 Å². The smallest absolute Gasteiger partial charge is 0.0701 e. The molecule has 6 nitrogen and oxygen atoms in total. The van der Waals surface area contributed by atoms with Crippen LogP contribution in [-0.4, -0.2) is 79.8 Å². The summed E-state index contributed by atoms with van der Waals surface area (Å²) in [5.41, 5.74) is 0. The molecule has 0 atom stereocenters. The fourth-order valence-electron chi connectivity index (χ4n) is 1.24. The number of hydrogen-bond acceptors (Lipinski definition) is 6. The lowest BCUT2D eigenvalue weighted by Gasteiger charge is -2.03. The summed E-state index contributed by atoms with van der Waals surface area (Å²) >= 11 is 0. The van der Waals surface area contributed by atoms with Gasteiger partial charge in [-0.25, -0.2) is 0 Å². The molecule has 0 aromatic carbocycles. The van der Waals surface area contributed by atoms with E-state index in [1.54, 1.807) is 7.11 Å². The van der Waals surface area contributed by atoms with Crippen LogP contribution in [0.1, 0.15) is 27.2 Å². The van der Waals surface area contributed by atoms with Crippen LogP contribution in [0.5, 0.6) is 0 Å². The number of ether oxygens (including phenoxy) is 6. The van der Waals surface area contributed by atoms with E-state index in [-0.39, 0.29) is 0 Å². The third-order valence-corrected chi connectivity index (χ3v) is 2.30. The molecule has 0 saturated heterocycles. The maximum absolute atomic E-state index is 5.20. The summed E-state index contributed by atoms with van der Waals surface area (Å²) in [7, 11) is 1.66. The molecule has 0 radical (unpaired) electrons. The van der Waals surface area contributed by atoms with Crippen LogP contribution in [0.2, 0.25) is 0 Å². The third kappa shape index (κ3) is 28.0. The van der Waals surface area contributed by atoms with Gasteiger partial charge in [-0.1, -0.05) is 6.92 Å². The van der Waals surface area contributed by atoms with E-state index < -0.39 is 0 Å². The summed E-state index contributed by atoms with van der Waals surface area (Å²) in [6.07, 6.45) is 1.07. The Morgan fingerprint density at radius 1 is 0.455 bits per heavy atom. The van der Waals surface area contributed by atoms with Gasteiger partial charge >= 0.3 is 0 Å². The van der Waals surface area contributed by atoms with Gasteiger partial charge in [0, 0.05) is 26.9 Å². The van der Waals surface area contributed by atoms with Gasteiger partial charge in [0.2, 0.25) is 0 Å². The van der Waals surface area contributed by atoms with Crippen LogP contribution in [0.25, 0.3) is 0 Å². The molecule has 0 aromatic rings. The first kappa shape index (κ1) is 24.0. The van der Waals surface area contributed by atoms with Crippen LogP contribution in [0.4, 0.5) is 0 Å². The Morgan fingerprint density at radius 3 is 1.18 bits per heavy atom. The molecule has 0 bridgehead atoms. The highest BCUT2D eigenvalue weighted by Crippen LogP contribution is 1.82. The number of methoxy groups -OCH3 is 1. The standard InChI is InChI=1S/2C8H18O3/c1-3-4-10-7-8-11-6-5-9-2;1-3-9-5-7-11-8-6-10-4-2/h2*3-8H2,1-2H3. The summed E-state index contributed by atoms with van der Waals surface area (Å²) in [6.45, 7) is 13.8. The molecule has 136 valence electrons. The van der Waals surface area contributed by atoms with Crippen LogP contribution in [0, 0.1) is 0 Å². The van der Waals surface area contributed by atoms with Crippen molar-refractivity contribution in [1.82, 2.24) is 0 Å². The second-order valence-electron chi connectivity index (χ2n) is 4.22. The van der Waals surface area contributed by atoms with E-state index in [1.165, 1.54) is 0 Å². The molecule has 0 unspecified atom stereocenters. The van der Waals surface area contributed by atoms with Gasteiger partial charge in [-0.15, -0.1) is 0 Å². The summed E-state index contributed by atoms with van der Waals surface area (Å²) in [5, 5.41) is 0. The maximum Gasteiger partial charge on any atom is 0.0701 e. The quantitative estimate of drug-likeness (QED) is 0.406. The van der Waals surface area contributed by atoms with Crippen molar-refractivity contribution in [1.29, 1.82) is 0 Å². The fourth-order valence-corrected chi connectivity index (χ4v) is 1.24. The lowest BCUT2D eigenvalue weighted by Crippen LogP contribution is -2.08. The highest BCUT2D eigenvalue weighted by atomic mass is 16.5. The summed E-state index contributed by atoms with van der Waals surface area (Å²) in [5.74, 6) is 0. The maximum atomic E-state index is 5.20. The zero-order valence-corrected chi connectivity index (χ0v) is 14.9. The molecular formula is C16H36O6. The Labute approximate surface area is 136 Å². The first-order valence-electron chi connectivity index (χ1n) is 8.20. The lowest BCUT2D eigenvalue weighted by atomic mass is 10.5. The zero-order chi connectivity index (χ0) is 16.7. The van der Waals surface area contributed by atoms with Gasteiger partial charge in [-0.05, 0) is 20.3 Å². The minimum absolute atomic E-state index is 0.659. The van der Waals surface area contributed by atoms with E-state index in [0.717, 1.165) is 26.2 Å². The second-order valence-corrected chi connectivity index (χ2v) is 4.22. The molecule has 6 heteroatoms. The molecule has 22 heavy (non-hydrogen) atoms. The van der Waals surface area contributed by atoms with Crippen molar-refractivity contribution in [3.63, 3.8) is 0 Å². The van der Waals surface area contributed by atoms with Crippen LogP contribution in [0.3, 0.4) is 0 Å². The largest absolute Gasteiger partial charge is 0.382 e. The molecule has 0 amide bonds. The van der Waals surface area contributed by atoms with Crippen LogP contribution >= 0.6 is 0 Å². The molecule has 0 saturated carbocycles. The van der Waals surface area contributed by atoms with Crippen LogP contribution in [0.15, 0.2) is 0 Å². The SMILES string of the molecule is CCCOCCOCCOC.CCOCCOCCOCC. The van der Waals surface area contributed by atoms with Crippen molar-refractivity contribution in [2.45, 2.75) is 27.2 Å². The van der Waals surface area contributed by atoms with E-state index in [2.05, 4.69) is 6.92 Å². The molecule has 0 aromatic heterocycles. The summed E-state index contributed by atoms with van der Waals surface area (Å²) in [6, 6.07) is 0. The van der Waals surface area contributed by atoms with Gasteiger partial charge in [0.1, 0.15) is 0 Å². The van der Waals surface area contributed by atoms with E-state index in [1.807, 2.05) is 13.8 Å². The topological polar surface area (TPSA) is 55.4 Å². The van der Waals surface area contributed by atoms with E-state index >= 15 is 0 Å². The summed E-state index contributed by atoms with van der Waals surface area (Å²) in [4.78, 5) is 0. The fraction of sp³-hybridized carbons (Fsp3) is 1.00. The van der Waals surface area contributed by atoms with Gasteiger partial charge in [0.05, 0.1) is 52.9 Å². The Kier molecular flexibility index (Phi) is 28.1. The minimum atomic E-state index is 0.659. The average Bonchev–Trinajstić information content (AvgIpc) is 2.54. The van der Waals surface area contributed by atoms with Crippen molar-refractivity contribution < 1.29 is 28.4 Å². The van der Waals surface area contributed by atoms with Crippen molar-refractivity contribution in [3.8, 4) is 0 Å². The molecule has 0 aliphatic heterocycles. The Bertz CT molecular complexity index is 135. The van der Waals surface area contributed by atoms with Crippen molar-refractivity contribution in [2.24, 2.45) is 0 Å². The molecule has 0 heterocycles. The molecule has 0 aliphatic carbocycles. The first-order valence-corrected chi connectivity index (χ1v) is 8.20. The average molecular weight is 324 g/mol. The molecule has 0 aliphatic rings. The van der Waals surface area contributed by atoms with E-state index in [0.29, 0.717) is 52.9 Å². The van der Waals surface area contributed by atoms with Gasteiger partial charge < -0.3 is 28.4 Å². The Hall–Kier alpha value is -0.240. The van der Waals surface area contributed by atoms with Gasteiger partial charge in [0.25, 0.3) is 0 Å². The monoisotopic (exact) mass is 324 g/mol. The zero-order valence-electron chi connectivity index (χ0n) is 14.9. The Balaban J connectivity index is 0. The van der Waals surface area contributed by atoms with E-state index in [4.69, 9.17) is 28.4 Å². The predicted molar refractivity (Wildman–Crippen MR) is 87.6 cm³/mol. The molecule has 0 fully saturated rings.